The van der Waals surface area contributed by atoms with Crippen LogP contribution in [0.15, 0.2) is 0 Å². The molecule has 0 saturated carbocycles. The van der Waals surface area contributed by atoms with Crippen LogP contribution in [-0.2, 0) is 0 Å². The van der Waals surface area contributed by atoms with Crippen LogP contribution in [0.3, 0.4) is 0 Å². The Labute approximate surface area is 97.5 Å². The third kappa shape index (κ3) is 19.1. The van der Waals surface area contributed by atoms with Crippen molar-refractivity contribution >= 4 is 99.2 Å². The predicted octanol–water partition coefficient (Wildman–Crippen LogP) is -2.17. The Bertz CT molecular complexity index is 9.61. The van der Waals surface area contributed by atoms with Crippen molar-refractivity contribution < 1.29 is 0 Å². The summed E-state index contributed by atoms with van der Waals surface area (Å²) in [6.45, 7) is 0. The van der Waals surface area contributed by atoms with Gasteiger partial charge in [-0.25, -0.2) is 0 Å². The third-order valence-electron chi connectivity index (χ3n) is 0. The first-order valence-corrected chi connectivity index (χ1v) is 0. The quantitative estimate of drug-likeness (QED) is 0.444. The van der Waals surface area contributed by atoms with Crippen LogP contribution in [0.1, 0.15) is 0 Å². The van der Waals surface area contributed by atoms with Crippen LogP contribution < -0.4 is 0 Å². The first-order chi connectivity index (χ1) is 0. The van der Waals surface area contributed by atoms with E-state index in [2.05, 4.69) is 0 Å². The van der Waals surface area contributed by atoms with Crippen molar-refractivity contribution in [1.29, 1.82) is 0 Å². The fraction of sp³-hybridized carbons (Fsp3) is 0. The Morgan fingerprint density at radius 3 is 0.800 bits per heavy atom. The van der Waals surface area contributed by atoms with Gasteiger partial charge >= 0.3 is 47.2 Å². The molecule has 0 aliphatic heterocycles. The van der Waals surface area contributed by atoms with E-state index in [0.29, 0.717) is 0 Å². The summed E-state index contributed by atoms with van der Waals surface area (Å²) >= 11 is 0. The molecule has 5 heavy (non-hydrogen) atoms. The standard InChI is InChI=1S/As.Ge.Na.2Se.H/q;+4;;2*-2;. The average molecular weight is 329 g/mol. The van der Waals surface area contributed by atoms with Crippen LogP contribution in [0.25, 0.3) is 0 Å². The van der Waals surface area contributed by atoms with Crippen LogP contribution in [0.2, 0.25) is 0 Å². The van der Waals surface area contributed by atoms with Gasteiger partial charge in [0, 0.05) is 18.0 Å². The molecule has 5 heteroatoms. The monoisotopic (exact) mass is 333 g/mol. The van der Waals surface area contributed by atoms with Gasteiger partial charge in [-0.15, -0.1) is 0 Å². The van der Waals surface area contributed by atoms with Crippen molar-refractivity contribution in [2.75, 3.05) is 0 Å². The van der Waals surface area contributed by atoms with E-state index in [1.54, 1.807) is 0 Å². The van der Waals surface area contributed by atoms with Crippen LogP contribution in [0, 0.1) is 0 Å². The Morgan fingerprint density at radius 2 is 0.800 bits per heavy atom. The van der Waals surface area contributed by atoms with Crippen molar-refractivity contribution in [2.45, 2.75) is 0 Å². The maximum atomic E-state index is 0. The molecule has 0 nitrogen and oxygen atoms in total. The van der Waals surface area contributed by atoms with Crippen LogP contribution in [0.5, 0.6) is 0 Å². The van der Waals surface area contributed by atoms with Gasteiger partial charge in [0.1, 0.15) is 0 Å². The molecule has 0 heterocycles. The van der Waals surface area contributed by atoms with E-state index >= 15 is 0 Å². The second-order valence-corrected chi connectivity index (χ2v) is 0. The Kier molecular flexibility index (Phi) is 230. The fourth-order valence-electron chi connectivity index (χ4n) is 0. The van der Waals surface area contributed by atoms with Crippen LogP contribution in [0.4, 0.5) is 0 Å². The van der Waals surface area contributed by atoms with E-state index in [0.717, 1.165) is 0 Å². The molecule has 3 radical (unpaired) electrons. The van der Waals surface area contributed by atoms with E-state index in [-0.39, 0.29) is 99.2 Å². The minimum Gasteiger partial charge on any atom is -2.00 e. The van der Waals surface area contributed by atoms with E-state index in [9.17, 15) is 0 Å². The van der Waals surface area contributed by atoms with E-state index < -0.39 is 0 Å². The van der Waals surface area contributed by atoms with Crippen molar-refractivity contribution in [3.63, 3.8) is 0 Å². The molecule has 0 rings (SSSR count). The van der Waals surface area contributed by atoms with Crippen LogP contribution in [-0.4, -0.2) is 99.2 Å². The third-order valence-corrected chi connectivity index (χ3v) is 0. The Hall–Kier alpha value is 3.14. The van der Waals surface area contributed by atoms with Gasteiger partial charge in [0.05, 0.1) is 0 Å². The minimum absolute atomic E-state index is 0. The molecule has 0 aromatic heterocycles. The fourth-order valence-corrected chi connectivity index (χ4v) is 0. The number of hydrogen-bond donors (Lipinski definition) is 0. The van der Waals surface area contributed by atoms with E-state index in [1.807, 2.05) is 0 Å². The molecule has 0 unspecified atom stereocenters. The van der Waals surface area contributed by atoms with Crippen LogP contribution >= 0.6 is 0 Å². The minimum atomic E-state index is 0. The molecule has 0 amide bonds. The summed E-state index contributed by atoms with van der Waals surface area (Å²) in [6, 6.07) is 0. The second-order valence-electron chi connectivity index (χ2n) is 0. The molecular weight excluding hydrogens is 328 g/mol. The summed E-state index contributed by atoms with van der Waals surface area (Å²) in [6.07, 6.45) is 0. The summed E-state index contributed by atoms with van der Waals surface area (Å²) < 4.78 is 0. The molecule has 0 fully saturated rings. The molecule has 0 aromatic rings. The largest absolute Gasteiger partial charge is 2.00 e. The normalized spacial score (nSPS) is 0. The van der Waals surface area contributed by atoms with Crippen molar-refractivity contribution in [3.8, 4) is 0 Å². The summed E-state index contributed by atoms with van der Waals surface area (Å²) in [5.74, 6) is 0. The Morgan fingerprint density at radius 1 is 0.800 bits per heavy atom. The van der Waals surface area contributed by atoms with E-state index in [4.69, 9.17) is 0 Å². The zero-order chi connectivity index (χ0) is 0. The zero-order valence-corrected chi connectivity index (χ0v) is 9.16. The predicted molar refractivity (Wildman–Crippen MR) is 30.2 cm³/mol. The maximum Gasteiger partial charge on any atom is -2.00 e. The van der Waals surface area contributed by atoms with Crippen molar-refractivity contribution in [2.24, 2.45) is 0 Å². The molecule has 0 atom stereocenters. The van der Waals surface area contributed by atoms with Crippen molar-refractivity contribution in [3.05, 3.63) is 0 Å². The maximum absolute atomic E-state index is 0. The molecule has 0 bridgehead atoms. The van der Waals surface area contributed by atoms with Gasteiger partial charge in [0.25, 0.3) is 0 Å². The summed E-state index contributed by atoms with van der Waals surface area (Å²) in [7, 11) is 0. The molecule has 0 saturated heterocycles. The number of rotatable bonds is 0. The molecule has 0 aliphatic rings. The smallest absolute Gasteiger partial charge is 2.00 e. The SMILES string of the molecule is [As].[Ge+4].[NaH].[Se-2].[Se-2]. The Balaban J connectivity index is 0. The zero-order valence-electron chi connectivity index (χ0n) is 1.76. The van der Waals surface area contributed by atoms with Gasteiger partial charge in [0.2, 0.25) is 0 Å². The molecule has 0 aliphatic carbocycles. The van der Waals surface area contributed by atoms with Gasteiger partial charge in [-0.1, -0.05) is 0 Å². The van der Waals surface area contributed by atoms with Gasteiger partial charge in [-0.3, -0.25) is 0 Å². The average Bonchev–Trinajstić information content (AvgIpc) is 0. The molecule has 0 spiro atoms. The van der Waals surface area contributed by atoms with Gasteiger partial charge in [-0.05, 0) is 0 Å². The summed E-state index contributed by atoms with van der Waals surface area (Å²) in [5, 5.41) is 0. The first kappa shape index (κ1) is 42.1. The van der Waals surface area contributed by atoms with E-state index in [1.165, 1.54) is 0 Å². The first-order valence-electron chi connectivity index (χ1n) is 0. The summed E-state index contributed by atoms with van der Waals surface area (Å²) in [4.78, 5) is 0. The molecule has 0 aromatic carbocycles. The molecule has 23 valence electrons. The van der Waals surface area contributed by atoms with Gasteiger partial charge in [-0.2, -0.15) is 0 Å². The second kappa shape index (κ2) is 27.3. The topological polar surface area (TPSA) is 0 Å². The van der Waals surface area contributed by atoms with Gasteiger partial charge < -0.3 is 34.1 Å². The number of hydrogen-bond acceptors (Lipinski definition) is 0. The summed E-state index contributed by atoms with van der Waals surface area (Å²) in [5.41, 5.74) is 0. The van der Waals surface area contributed by atoms with Crippen molar-refractivity contribution in [1.82, 2.24) is 0 Å². The van der Waals surface area contributed by atoms with Gasteiger partial charge in [0.15, 0.2) is 0 Å². The molecule has 0 N–H and O–H groups in total. The molecular formula is HAsGeNaSe2.